The van der Waals surface area contributed by atoms with Crippen LogP contribution in [0.3, 0.4) is 0 Å². The summed E-state index contributed by atoms with van der Waals surface area (Å²) in [6, 6.07) is 4.32. The summed E-state index contributed by atoms with van der Waals surface area (Å²) in [6.45, 7) is 2.16. The molecular formula is C11H19NOS. The molecule has 0 aliphatic heterocycles. The molecule has 0 bridgehead atoms. The molecule has 2 atom stereocenters. The van der Waals surface area contributed by atoms with Crippen LogP contribution in [0.5, 0.6) is 0 Å². The lowest BCUT2D eigenvalue weighted by Crippen LogP contribution is -2.37. The molecule has 1 heterocycles. The van der Waals surface area contributed by atoms with Gasteiger partial charge in [-0.3, -0.25) is 0 Å². The number of hydrogen-bond acceptors (Lipinski definition) is 3. The van der Waals surface area contributed by atoms with Gasteiger partial charge in [-0.05, 0) is 24.3 Å². The van der Waals surface area contributed by atoms with E-state index in [1.807, 2.05) is 0 Å². The van der Waals surface area contributed by atoms with E-state index in [2.05, 4.69) is 24.4 Å². The second-order valence-corrected chi connectivity index (χ2v) is 4.54. The van der Waals surface area contributed by atoms with E-state index in [9.17, 15) is 0 Å². The zero-order chi connectivity index (χ0) is 10.4. The van der Waals surface area contributed by atoms with Crippen LogP contribution in [-0.2, 0) is 11.2 Å². The average Bonchev–Trinajstić information content (AvgIpc) is 2.66. The predicted molar refractivity (Wildman–Crippen MR) is 61.7 cm³/mol. The monoisotopic (exact) mass is 213 g/mol. The molecule has 3 heteroatoms. The van der Waals surface area contributed by atoms with Crippen molar-refractivity contribution < 1.29 is 4.74 Å². The maximum Gasteiger partial charge on any atom is 0.0725 e. The Balaban J connectivity index is 2.43. The van der Waals surface area contributed by atoms with Crippen molar-refractivity contribution in [2.75, 3.05) is 7.11 Å². The van der Waals surface area contributed by atoms with Crippen LogP contribution in [0, 0.1) is 0 Å². The first-order valence-corrected chi connectivity index (χ1v) is 5.96. The minimum Gasteiger partial charge on any atom is -0.380 e. The van der Waals surface area contributed by atoms with Gasteiger partial charge in [0.05, 0.1) is 6.10 Å². The molecule has 0 saturated carbocycles. The first-order chi connectivity index (χ1) is 6.77. The van der Waals surface area contributed by atoms with E-state index >= 15 is 0 Å². The Kier molecular flexibility index (Phi) is 5.15. The van der Waals surface area contributed by atoms with Crippen LogP contribution >= 0.6 is 11.3 Å². The summed E-state index contributed by atoms with van der Waals surface area (Å²) in [7, 11) is 1.74. The third kappa shape index (κ3) is 3.40. The number of nitrogens with two attached hydrogens (primary N) is 1. The number of thiophene rings is 1. The van der Waals surface area contributed by atoms with Gasteiger partial charge in [0.25, 0.3) is 0 Å². The number of hydrogen-bond donors (Lipinski definition) is 1. The smallest absolute Gasteiger partial charge is 0.0725 e. The van der Waals surface area contributed by atoms with Crippen molar-refractivity contribution in [1.82, 2.24) is 0 Å². The number of methoxy groups -OCH3 is 1. The zero-order valence-corrected chi connectivity index (χ0v) is 9.72. The molecular weight excluding hydrogens is 194 g/mol. The van der Waals surface area contributed by atoms with E-state index < -0.39 is 0 Å². The van der Waals surface area contributed by atoms with Gasteiger partial charge in [-0.1, -0.05) is 19.4 Å². The van der Waals surface area contributed by atoms with E-state index in [0.717, 1.165) is 19.3 Å². The van der Waals surface area contributed by atoms with Gasteiger partial charge in [-0.15, -0.1) is 11.3 Å². The van der Waals surface area contributed by atoms with Gasteiger partial charge >= 0.3 is 0 Å². The molecule has 0 radical (unpaired) electrons. The lowest BCUT2D eigenvalue weighted by atomic mass is 10.0. The molecule has 2 unspecified atom stereocenters. The molecule has 1 rings (SSSR count). The van der Waals surface area contributed by atoms with Crippen molar-refractivity contribution in [2.24, 2.45) is 5.73 Å². The molecule has 1 aromatic heterocycles. The third-order valence-corrected chi connectivity index (χ3v) is 3.27. The van der Waals surface area contributed by atoms with Crippen LogP contribution in [0.2, 0.25) is 0 Å². The van der Waals surface area contributed by atoms with Gasteiger partial charge in [-0.2, -0.15) is 0 Å². The van der Waals surface area contributed by atoms with Crippen LogP contribution < -0.4 is 5.73 Å². The van der Waals surface area contributed by atoms with Gasteiger partial charge < -0.3 is 10.5 Å². The van der Waals surface area contributed by atoms with Crippen molar-refractivity contribution in [2.45, 2.75) is 38.3 Å². The molecule has 0 aliphatic carbocycles. The quantitative estimate of drug-likeness (QED) is 0.787. The van der Waals surface area contributed by atoms with Crippen molar-refractivity contribution >= 4 is 11.3 Å². The molecule has 0 amide bonds. The van der Waals surface area contributed by atoms with Gasteiger partial charge in [0.2, 0.25) is 0 Å². The molecule has 80 valence electrons. The van der Waals surface area contributed by atoms with Crippen molar-refractivity contribution in [3.05, 3.63) is 22.4 Å². The summed E-state index contributed by atoms with van der Waals surface area (Å²) >= 11 is 1.76. The molecule has 0 saturated heterocycles. The van der Waals surface area contributed by atoms with Crippen LogP contribution in [0.15, 0.2) is 17.5 Å². The van der Waals surface area contributed by atoms with Crippen LogP contribution in [0.4, 0.5) is 0 Å². The Morgan fingerprint density at radius 2 is 2.36 bits per heavy atom. The number of rotatable bonds is 6. The van der Waals surface area contributed by atoms with Crippen LogP contribution in [0.25, 0.3) is 0 Å². The van der Waals surface area contributed by atoms with E-state index in [0.29, 0.717) is 0 Å². The molecule has 0 aromatic carbocycles. The largest absolute Gasteiger partial charge is 0.380 e. The van der Waals surface area contributed by atoms with E-state index in [4.69, 9.17) is 10.5 Å². The second-order valence-electron chi connectivity index (χ2n) is 3.51. The molecule has 14 heavy (non-hydrogen) atoms. The fourth-order valence-electron chi connectivity index (χ4n) is 1.58. The maximum absolute atomic E-state index is 6.09. The minimum atomic E-state index is 0.124. The van der Waals surface area contributed by atoms with Crippen molar-refractivity contribution in [3.8, 4) is 0 Å². The molecule has 2 nitrogen and oxygen atoms in total. The summed E-state index contributed by atoms with van der Waals surface area (Å²) < 4.78 is 5.38. The lowest BCUT2D eigenvalue weighted by Gasteiger charge is -2.21. The first kappa shape index (κ1) is 11.7. The van der Waals surface area contributed by atoms with E-state index in [1.54, 1.807) is 18.4 Å². The van der Waals surface area contributed by atoms with E-state index in [-0.39, 0.29) is 12.1 Å². The van der Waals surface area contributed by atoms with E-state index in [1.165, 1.54) is 4.88 Å². The summed E-state index contributed by atoms with van der Waals surface area (Å²) in [5.41, 5.74) is 6.09. The Bertz CT molecular complexity index is 235. The fourth-order valence-corrected chi connectivity index (χ4v) is 2.36. The Morgan fingerprint density at radius 3 is 2.86 bits per heavy atom. The standard InChI is InChI=1S/C11H19NOS/c1-3-5-11(13-2)10(12)8-9-6-4-7-14-9/h4,6-7,10-11H,3,5,8,12H2,1-2H3. The number of ether oxygens (including phenoxy) is 1. The minimum absolute atomic E-state index is 0.124. The van der Waals surface area contributed by atoms with Crippen molar-refractivity contribution in [1.29, 1.82) is 0 Å². The Hall–Kier alpha value is -0.380. The highest BCUT2D eigenvalue weighted by molar-refractivity contribution is 7.09. The third-order valence-electron chi connectivity index (χ3n) is 2.37. The molecule has 0 fully saturated rings. The SMILES string of the molecule is CCCC(OC)C(N)Cc1cccs1. The highest BCUT2D eigenvalue weighted by Gasteiger charge is 2.16. The summed E-state index contributed by atoms with van der Waals surface area (Å²) in [4.78, 5) is 1.34. The summed E-state index contributed by atoms with van der Waals surface area (Å²) in [5.74, 6) is 0. The van der Waals surface area contributed by atoms with Crippen molar-refractivity contribution in [3.63, 3.8) is 0 Å². The normalized spacial score (nSPS) is 15.4. The molecule has 0 spiro atoms. The topological polar surface area (TPSA) is 35.2 Å². The molecule has 2 N–H and O–H groups in total. The average molecular weight is 213 g/mol. The lowest BCUT2D eigenvalue weighted by molar-refractivity contribution is 0.0729. The summed E-state index contributed by atoms with van der Waals surface area (Å²) in [6.07, 6.45) is 3.29. The Labute approximate surface area is 90.1 Å². The highest BCUT2D eigenvalue weighted by atomic mass is 32.1. The second kappa shape index (κ2) is 6.17. The van der Waals surface area contributed by atoms with Gasteiger partial charge in [0.1, 0.15) is 0 Å². The first-order valence-electron chi connectivity index (χ1n) is 5.08. The fraction of sp³-hybridized carbons (Fsp3) is 0.636. The highest BCUT2D eigenvalue weighted by Crippen LogP contribution is 2.14. The van der Waals surface area contributed by atoms with Gasteiger partial charge in [0, 0.05) is 18.0 Å². The van der Waals surface area contributed by atoms with Gasteiger partial charge in [-0.25, -0.2) is 0 Å². The predicted octanol–water partition coefficient (Wildman–Crippen LogP) is 2.43. The zero-order valence-electron chi connectivity index (χ0n) is 8.90. The molecule has 0 aliphatic rings. The summed E-state index contributed by atoms with van der Waals surface area (Å²) in [5, 5.41) is 2.09. The van der Waals surface area contributed by atoms with Crippen LogP contribution in [0.1, 0.15) is 24.6 Å². The van der Waals surface area contributed by atoms with Gasteiger partial charge in [0.15, 0.2) is 0 Å². The van der Waals surface area contributed by atoms with Crippen LogP contribution in [-0.4, -0.2) is 19.3 Å². The molecule has 1 aromatic rings. The Morgan fingerprint density at radius 1 is 1.57 bits per heavy atom. The maximum atomic E-state index is 6.09.